The van der Waals surface area contributed by atoms with Crippen LogP contribution in [0, 0.1) is 18.3 Å². The Kier molecular flexibility index (Phi) is 5.88. The Morgan fingerprint density at radius 3 is 2.93 bits per heavy atom. The molecule has 0 aromatic carbocycles. The first-order chi connectivity index (χ1) is 13.0. The van der Waals surface area contributed by atoms with Crippen LogP contribution in [0.2, 0.25) is 0 Å². The van der Waals surface area contributed by atoms with Crippen molar-refractivity contribution in [2.24, 2.45) is 0 Å². The molecule has 3 heterocycles. The van der Waals surface area contributed by atoms with Crippen LogP contribution in [0.3, 0.4) is 0 Å². The molecule has 0 bridgehead atoms. The standard InChI is InChI=1S/C18H18N6OS2/c1-11(2)15-13(10-21-24(15)14-6-4-5-8-20-14)16(25)23-18-22-12(3)17(27-18)26-9-7-19/h4-6,8,10-11H,9H2,1-3H3,(H,22,23,25). The Morgan fingerprint density at radius 1 is 1.44 bits per heavy atom. The van der Waals surface area contributed by atoms with E-state index in [1.165, 1.54) is 23.1 Å². The van der Waals surface area contributed by atoms with Crippen LogP contribution < -0.4 is 5.32 Å². The van der Waals surface area contributed by atoms with Gasteiger partial charge in [0, 0.05) is 6.20 Å². The number of nitriles is 1. The Hall–Kier alpha value is -2.70. The predicted octanol–water partition coefficient (Wildman–Crippen LogP) is 4.02. The lowest BCUT2D eigenvalue weighted by molar-refractivity contribution is 0.102. The maximum Gasteiger partial charge on any atom is 0.260 e. The first-order valence-corrected chi connectivity index (χ1v) is 10.1. The van der Waals surface area contributed by atoms with Crippen LogP contribution in [0.15, 0.2) is 34.8 Å². The first kappa shape index (κ1) is 19.1. The molecule has 7 nitrogen and oxygen atoms in total. The molecule has 0 aliphatic carbocycles. The predicted molar refractivity (Wildman–Crippen MR) is 107 cm³/mol. The van der Waals surface area contributed by atoms with Crippen molar-refractivity contribution in [3.05, 3.63) is 47.5 Å². The Morgan fingerprint density at radius 2 is 2.26 bits per heavy atom. The molecule has 0 saturated carbocycles. The van der Waals surface area contributed by atoms with Crippen molar-refractivity contribution in [2.45, 2.75) is 30.9 Å². The van der Waals surface area contributed by atoms with E-state index in [-0.39, 0.29) is 11.8 Å². The van der Waals surface area contributed by atoms with Gasteiger partial charge in [-0.1, -0.05) is 43.0 Å². The van der Waals surface area contributed by atoms with Gasteiger partial charge in [-0.3, -0.25) is 10.1 Å². The second-order valence-corrected chi connectivity index (χ2v) is 8.23. The van der Waals surface area contributed by atoms with Crippen LogP contribution in [0.1, 0.15) is 41.5 Å². The minimum absolute atomic E-state index is 0.0787. The molecule has 1 amide bonds. The number of pyridine rings is 1. The van der Waals surface area contributed by atoms with Crippen molar-refractivity contribution in [1.29, 1.82) is 5.26 Å². The second kappa shape index (κ2) is 8.33. The molecule has 1 N–H and O–H groups in total. The SMILES string of the molecule is Cc1nc(NC(=O)c2cnn(-c3ccccn3)c2C(C)C)sc1SCC#N. The zero-order valence-corrected chi connectivity index (χ0v) is 16.8. The van der Waals surface area contributed by atoms with Gasteiger partial charge in [-0.2, -0.15) is 10.4 Å². The van der Waals surface area contributed by atoms with E-state index in [0.29, 0.717) is 22.3 Å². The molecule has 9 heteroatoms. The summed E-state index contributed by atoms with van der Waals surface area (Å²) in [5.74, 6) is 0.840. The molecule has 138 valence electrons. The summed E-state index contributed by atoms with van der Waals surface area (Å²) in [5, 5.41) is 16.5. The fourth-order valence-corrected chi connectivity index (χ4v) is 4.38. The third kappa shape index (κ3) is 4.18. The zero-order chi connectivity index (χ0) is 19.4. The average molecular weight is 399 g/mol. The van der Waals surface area contributed by atoms with E-state index < -0.39 is 0 Å². The summed E-state index contributed by atoms with van der Waals surface area (Å²) in [4.78, 5) is 21.5. The molecule has 0 fully saturated rings. The molecule has 27 heavy (non-hydrogen) atoms. The number of anilines is 1. The van der Waals surface area contributed by atoms with E-state index >= 15 is 0 Å². The molecule has 0 aliphatic heterocycles. The highest BCUT2D eigenvalue weighted by atomic mass is 32.2. The monoisotopic (exact) mass is 398 g/mol. The van der Waals surface area contributed by atoms with Crippen LogP contribution in [-0.2, 0) is 0 Å². The van der Waals surface area contributed by atoms with Gasteiger partial charge in [-0.05, 0) is 25.0 Å². The molecular weight excluding hydrogens is 380 g/mol. The summed E-state index contributed by atoms with van der Waals surface area (Å²) in [6, 6.07) is 7.66. The van der Waals surface area contributed by atoms with E-state index in [0.717, 1.165) is 15.6 Å². The van der Waals surface area contributed by atoms with Crippen LogP contribution in [0.4, 0.5) is 5.13 Å². The number of rotatable bonds is 6. The number of amides is 1. The lowest BCUT2D eigenvalue weighted by Crippen LogP contribution is -2.15. The number of hydrogen-bond donors (Lipinski definition) is 1. The van der Waals surface area contributed by atoms with Crippen LogP contribution in [-0.4, -0.2) is 31.4 Å². The number of thiazole rings is 1. The van der Waals surface area contributed by atoms with Crippen LogP contribution >= 0.6 is 23.1 Å². The summed E-state index contributed by atoms with van der Waals surface area (Å²) >= 11 is 2.79. The van der Waals surface area contributed by atoms with Crippen molar-refractivity contribution >= 4 is 34.1 Å². The molecule has 0 aliphatic rings. The number of aryl methyl sites for hydroxylation is 1. The Balaban J connectivity index is 1.87. The molecule has 0 unspecified atom stereocenters. The van der Waals surface area contributed by atoms with E-state index in [9.17, 15) is 4.79 Å². The highest BCUT2D eigenvalue weighted by Crippen LogP contribution is 2.32. The molecule has 0 radical (unpaired) electrons. The first-order valence-electron chi connectivity index (χ1n) is 8.29. The lowest BCUT2D eigenvalue weighted by atomic mass is 10.1. The van der Waals surface area contributed by atoms with Gasteiger partial charge in [-0.25, -0.2) is 14.6 Å². The number of nitrogens with one attached hydrogen (secondary N) is 1. The summed E-state index contributed by atoms with van der Waals surface area (Å²) < 4.78 is 2.63. The van der Waals surface area contributed by atoms with Gasteiger partial charge in [0.1, 0.15) is 0 Å². The largest absolute Gasteiger partial charge is 0.298 e. The smallest absolute Gasteiger partial charge is 0.260 e. The van der Waals surface area contributed by atoms with Crippen molar-refractivity contribution in [2.75, 3.05) is 11.1 Å². The summed E-state index contributed by atoms with van der Waals surface area (Å²) in [5.41, 5.74) is 2.09. The van der Waals surface area contributed by atoms with Gasteiger partial charge in [0.2, 0.25) is 0 Å². The number of carbonyl (C=O) groups is 1. The molecule has 3 aromatic rings. The van der Waals surface area contributed by atoms with Gasteiger partial charge in [0.25, 0.3) is 5.91 Å². The van der Waals surface area contributed by atoms with Crippen molar-refractivity contribution in [3.63, 3.8) is 0 Å². The highest BCUT2D eigenvalue weighted by molar-refractivity contribution is 8.01. The molecule has 0 saturated heterocycles. The fourth-order valence-electron chi connectivity index (χ4n) is 2.58. The van der Waals surface area contributed by atoms with Crippen LogP contribution in [0.5, 0.6) is 0 Å². The van der Waals surface area contributed by atoms with Gasteiger partial charge >= 0.3 is 0 Å². The number of thioether (sulfide) groups is 1. The fraction of sp³-hybridized carbons (Fsp3) is 0.278. The molecule has 0 spiro atoms. The zero-order valence-electron chi connectivity index (χ0n) is 15.1. The number of carbonyl (C=O) groups excluding carboxylic acids is 1. The molecule has 0 atom stereocenters. The molecule has 3 rings (SSSR count). The van der Waals surface area contributed by atoms with Crippen molar-refractivity contribution < 1.29 is 4.79 Å². The quantitative estimate of drug-likeness (QED) is 0.630. The topological polar surface area (TPSA) is 96.5 Å². The Labute approximate surface area is 165 Å². The van der Waals surface area contributed by atoms with Gasteiger partial charge in [-0.15, -0.1) is 0 Å². The Bertz CT molecular complexity index is 987. The highest BCUT2D eigenvalue weighted by Gasteiger charge is 2.22. The minimum Gasteiger partial charge on any atom is -0.298 e. The van der Waals surface area contributed by atoms with Gasteiger partial charge in [0.05, 0.1) is 39.2 Å². The maximum absolute atomic E-state index is 12.8. The molecular formula is C18H18N6OS2. The second-order valence-electron chi connectivity index (χ2n) is 5.99. The number of aromatic nitrogens is 4. The minimum atomic E-state index is -0.258. The third-order valence-corrected chi connectivity index (χ3v) is 6.01. The lowest BCUT2D eigenvalue weighted by Gasteiger charge is -2.11. The molecule has 3 aromatic heterocycles. The van der Waals surface area contributed by atoms with E-state index in [1.54, 1.807) is 17.1 Å². The average Bonchev–Trinajstić information content (AvgIpc) is 3.24. The van der Waals surface area contributed by atoms with E-state index in [2.05, 4.69) is 26.5 Å². The number of hydrogen-bond acceptors (Lipinski definition) is 7. The normalized spacial score (nSPS) is 10.8. The summed E-state index contributed by atoms with van der Waals surface area (Å²) in [7, 11) is 0. The van der Waals surface area contributed by atoms with Crippen molar-refractivity contribution in [1.82, 2.24) is 19.7 Å². The van der Waals surface area contributed by atoms with Crippen molar-refractivity contribution in [3.8, 4) is 11.9 Å². The number of nitrogens with zero attached hydrogens (tertiary/aromatic N) is 5. The van der Waals surface area contributed by atoms with Gasteiger partial charge in [0.15, 0.2) is 10.9 Å². The van der Waals surface area contributed by atoms with E-state index in [4.69, 9.17) is 5.26 Å². The third-order valence-electron chi connectivity index (χ3n) is 3.71. The maximum atomic E-state index is 12.8. The summed E-state index contributed by atoms with van der Waals surface area (Å²) in [6.45, 7) is 5.89. The van der Waals surface area contributed by atoms with E-state index in [1.807, 2.05) is 39.0 Å². The van der Waals surface area contributed by atoms with Crippen LogP contribution in [0.25, 0.3) is 5.82 Å². The summed E-state index contributed by atoms with van der Waals surface area (Å²) in [6.07, 6.45) is 3.25. The van der Waals surface area contributed by atoms with Gasteiger partial charge < -0.3 is 0 Å².